The molecule has 0 spiro atoms. The second kappa shape index (κ2) is 4.19. The molecule has 1 amide bonds. The molecule has 0 radical (unpaired) electrons. The summed E-state index contributed by atoms with van der Waals surface area (Å²) in [7, 11) is 1.73. The monoisotopic (exact) mass is 272 g/mol. The third-order valence-electron chi connectivity index (χ3n) is 3.40. The van der Waals surface area contributed by atoms with Gasteiger partial charge < -0.3 is 14.4 Å². The Hall–Kier alpha value is -2.63. The van der Waals surface area contributed by atoms with Crippen molar-refractivity contribution in [3.05, 3.63) is 35.2 Å². The molecule has 1 aromatic heterocycles. The number of aromatic nitrogens is 1. The molecule has 0 unspecified atom stereocenters. The summed E-state index contributed by atoms with van der Waals surface area (Å²) >= 11 is 0. The highest BCUT2D eigenvalue weighted by Gasteiger charge is 2.25. The van der Waals surface area contributed by atoms with Gasteiger partial charge in [-0.15, -0.1) is 0 Å². The summed E-state index contributed by atoms with van der Waals surface area (Å²) in [6, 6.07) is 5.40. The number of carbonyl (C=O) groups excluding carboxylic acids is 1. The van der Waals surface area contributed by atoms with Crippen LogP contribution in [-0.2, 0) is 11.2 Å². The lowest BCUT2D eigenvalue weighted by Gasteiger charge is -2.09. The SMILES string of the molecule is Cc1oc(-c2ccc3c(c2)CC(=O)N3C)nc1C(=O)O. The van der Waals surface area contributed by atoms with Gasteiger partial charge in [0.25, 0.3) is 0 Å². The molecule has 1 aromatic carbocycles. The molecule has 6 nitrogen and oxygen atoms in total. The van der Waals surface area contributed by atoms with Gasteiger partial charge in [-0.1, -0.05) is 0 Å². The fourth-order valence-corrected chi connectivity index (χ4v) is 2.32. The number of nitrogens with zero attached hydrogens (tertiary/aromatic N) is 2. The number of fused-ring (bicyclic) bond motifs is 1. The predicted molar refractivity (Wildman–Crippen MR) is 70.7 cm³/mol. The van der Waals surface area contributed by atoms with E-state index in [0.29, 0.717) is 12.0 Å². The number of carboxylic acids is 1. The summed E-state index contributed by atoms with van der Waals surface area (Å²) < 4.78 is 5.38. The molecule has 20 heavy (non-hydrogen) atoms. The van der Waals surface area contributed by atoms with Crippen molar-refractivity contribution in [2.45, 2.75) is 13.3 Å². The number of aryl methyl sites for hydroxylation is 1. The zero-order valence-electron chi connectivity index (χ0n) is 11.0. The van der Waals surface area contributed by atoms with E-state index in [2.05, 4.69) is 4.98 Å². The van der Waals surface area contributed by atoms with Gasteiger partial charge >= 0.3 is 5.97 Å². The van der Waals surface area contributed by atoms with Gasteiger partial charge in [0.15, 0.2) is 5.69 Å². The molecule has 1 N–H and O–H groups in total. The molecule has 0 fully saturated rings. The number of hydrogen-bond donors (Lipinski definition) is 1. The first-order chi connectivity index (χ1) is 9.47. The summed E-state index contributed by atoms with van der Waals surface area (Å²) in [5.74, 6) is -0.563. The minimum atomic E-state index is -1.12. The standard InChI is InChI=1S/C14H12N2O4/c1-7-12(14(18)19)15-13(20-7)8-3-4-10-9(5-8)6-11(17)16(10)2/h3-5H,6H2,1-2H3,(H,18,19). The molecule has 0 saturated heterocycles. The van der Waals surface area contributed by atoms with Crippen LogP contribution < -0.4 is 4.90 Å². The molecular weight excluding hydrogens is 260 g/mol. The zero-order valence-corrected chi connectivity index (χ0v) is 11.0. The van der Waals surface area contributed by atoms with Gasteiger partial charge in [0.1, 0.15) is 5.76 Å². The second-order valence-corrected chi connectivity index (χ2v) is 4.70. The lowest BCUT2D eigenvalue weighted by Crippen LogP contribution is -2.20. The van der Waals surface area contributed by atoms with Crippen molar-refractivity contribution < 1.29 is 19.1 Å². The summed E-state index contributed by atoms with van der Waals surface area (Å²) in [6.45, 7) is 1.56. The molecule has 3 rings (SSSR count). The topological polar surface area (TPSA) is 83.6 Å². The molecule has 6 heteroatoms. The summed E-state index contributed by atoms with van der Waals surface area (Å²) in [5.41, 5.74) is 2.33. The summed E-state index contributed by atoms with van der Waals surface area (Å²) in [5, 5.41) is 8.98. The molecule has 0 bridgehead atoms. The number of likely N-dealkylation sites (N-methyl/N-ethyl adjacent to an activating group) is 1. The van der Waals surface area contributed by atoms with Gasteiger partial charge in [-0.25, -0.2) is 9.78 Å². The van der Waals surface area contributed by atoms with E-state index in [-0.39, 0.29) is 23.3 Å². The maximum absolute atomic E-state index is 11.6. The van der Waals surface area contributed by atoms with Gasteiger partial charge in [0, 0.05) is 18.3 Å². The molecule has 2 aromatic rings. The quantitative estimate of drug-likeness (QED) is 0.902. The van der Waals surface area contributed by atoms with Crippen molar-refractivity contribution >= 4 is 17.6 Å². The van der Waals surface area contributed by atoms with E-state index in [9.17, 15) is 9.59 Å². The molecule has 0 aliphatic carbocycles. The van der Waals surface area contributed by atoms with Crippen LogP contribution in [0.25, 0.3) is 11.5 Å². The minimum Gasteiger partial charge on any atom is -0.476 e. The third kappa shape index (κ3) is 1.77. The van der Waals surface area contributed by atoms with E-state index in [1.807, 2.05) is 12.1 Å². The summed E-state index contributed by atoms with van der Waals surface area (Å²) in [6.07, 6.45) is 0.338. The highest BCUT2D eigenvalue weighted by Crippen LogP contribution is 2.32. The molecular formula is C14H12N2O4. The zero-order chi connectivity index (χ0) is 14.4. The minimum absolute atomic E-state index is 0.0342. The second-order valence-electron chi connectivity index (χ2n) is 4.70. The Balaban J connectivity index is 2.05. The largest absolute Gasteiger partial charge is 0.476 e. The number of oxazole rings is 1. The number of carboxylic acid groups (broad SMARTS) is 1. The molecule has 1 aliphatic heterocycles. The Morgan fingerprint density at radius 1 is 1.45 bits per heavy atom. The molecule has 0 atom stereocenters. The van der Waals surface area contributed by atoms with E-state index in [0.717, 1.165) is 11.3 Å². The van der Waals surface area contributed by atoms with Gasteiger partial charge in [-0.2, -0.15) is 0 Å². The lowest BCUT2D eigenvalue weighted by molar-refractivity contribution is -0.117. The van der Waals surface area contributed by atoms with Crippen LogP contribution in [0.5, 0.6) is 0 Å². The number of carbonyl (C=O) groups is 2. The van der Waals surface area contributed by atoms with Crippen LogP contribution in [0, 0.1) is 6.92 Å². The smallest absolute Gasteiger partial charge is 0.358 e. The fraction of sp³-hybridized carbons (Fsp3) is 0.214. The van der Waals surface area contributed by atoms with E-state index in [4.69, 9.17) is 9.52 Å². The number of benzene rings is 1. The highest BCUT2D eigenvalue weighted by molar-refractivity contribution is 6.01. The lowest BCUT2D eigenvalue weighted by atomic mass is 10.1. The van der Waals surface area contributed by atoms with Gasteiger partial charge in [0.05, 0.1) is 6.42 Å². The van der Waals surface area contributed by atoms with Crippen molar-refractivity contribution in [1.29, 1.82) is 0 Å². The highest BCUT2D eigenvalue weighted by atomic mass is 16.4. The van der Waals surface area contributed by atoms with Gasteiger partial charge in [0.2, 0.25) is 11.8 Å². The predicted octanol–water partition coefficient (Wildman–Crippen LogP) is 1.87. The van der Waals surface area contributed by atoms with Crippen molar-refractivity contribution in [2.24, 2.45) is 0 Å². The Morgan fingerprint density at radius 3 is 2.85 bits per heavy atom. The number of hydrogen-bond acceptors (Lipinski definition) is 4. The first-order valence-corrected chi connectivity index (χ1v) is 6.08. The van der Waals surface area contributed by atoms with Crippen molar-refractivity contribution in [1.82, 2.24) is 4.98 Å². The van der Waals surface area contributed by atoms with Crippen molar-refractivity contribution in [3.8, 4) is 11.5 Å². The number of amides is 1. The first kappa shape index (κ1) is 12.4. The third-order valence-corrected chi connectivity index (χ3v) is 3.40. The first-order valence-electron chi connectivity index (χ1n) is 6.08. The number of aromatic carboxylic acids is 1. The number of rotatable bonds is 2. The number of anilines is 1. The van der Waals surface area contributed by atoms with Crippen LogP contribution in [0.4, 0.5) is 5.69 Å². The average Bonchev–Trinajstić information content (AvgIpc) is 2.91. The van der Waals surface area contributed by atoms with Crippen molar-refractivity contribution in [2.75, 3.05) is 11.9 Å². The van der Waals surface area contributed by atoms with E-state index >= 15 is 0 Å². The normalized spacial score (nSPS) is 13.7. The van der Waals surface area contributed by atoms with E-state index < -0.39 is 5.97 Å². The van der Waals surface area contributed by atoms with Crippen LogP contribution >= 0.6 is 0 Å². The van der Waals surface area contributed by atoms with Crippen LogP contribution in [-0.4, -0.2) is 29.0 Å². The van der Waals surface area contributed by atoms with Crippen LogP contribution in [0.1, 0.15) is 21.8 Å². The van der Waals surface area contributed by atoms with Crippen molar-refractivity contribution in [3.63, 3.8) is 0 Å². The Bertz CT molecular complexity index is 733. The van der Waals surface area contributed by atoms with E-state index in [1.54, 1.807) is 24.9 Å². The molecule has 2 heterocycles. The Kier molecular flexibility index (Phi) is 2.60. The Labute approximate surface area is 114 Å². The van der Waals surface area contributed by atoms with Gasteiger partial charge in [-0.3, -0.25) is 4.79 Å². The van der Waals surface area contributed by atoms with Crippen LogP contribution in [0.15, 0.2) is 22.6 Å². The van der Waals surface area contributed by atoms with Crippen LogP contribution in [0.3, 0.4) is 0 Å². The van der Waals surface area contributed by atoms with E-state index in [1.165, 1.54) is 0 Å². The average molecular weight is 272 g/mol. The maximum atomic E-state index is 11.6. The summed E-state index contributed by atoms with van der Waals surface area (Å²) in [4.78, 5) is 28.2. The van der Waals surface area contributed by atoms with Crippen LogP contribution in [0.2, 0.25) is 0 Å². The Morgan fingerprint density at radius 2 is 2.20 bits per heavy atom. The molecule has 0 saturated carbocycles. The van der Waals surface area contributed by atoms with Gasteiger partial charge in [-0.05, 0) is 30.7 Å². The fourth-order valence-electron chi connectivity index (χ4n) is 2.32. The maximum Gasteiger partial charge on any atom is 0.358 e. The molecule has 1 aliphatic rings. The molecule has 102 valence electrons.